The van der Waals surface area contributed by atoms with Crippen LogP contribution in [0.5, 0.6) is 0 Å². The molecular formula is C4H5Li. The van der Waals surface area contributed by atoms with Crippen molar-refractivity contribution < 1.29 is 18.9 Å². The smallest absolute Gasteiger partial charge is 0.498 e. The van der Waals surface area contributed by atoms with Gasteiger partial charge >= 0.3 is 18.9 Å². The Hall–Kier alpha value is 0.337. The van der Waals surface area contributed by atoms with Crippen LogP contribution in [0.2, 0.25) is 0 Å². The summed E-state index contributed by atoms with van der Waals surface area (Å²) in [5, 5.41) is 0. The second-order valence-electron chi connectivity index (χ2n) is 1.13. The van der Waals surface area contributed by atoms with E-state index >= 15 is 0 Å². The molecule has 0 saturated heterocycles. The summed E-state index contributed by atoms with van der Waals surface area (Å²) in [5.41, 5.74) is 1.42. The average Bonchev–Trinajstić information content (AvgIpc) is 1.75. The van der Waals surface area contributed by atoms with Gasteiger partial charge in [0.05, 0.1) is 0 Å². The van der Waals surface area contributed by atoms with Crippen molar-refractivity contribution in [1.82, 2.24) is 0 Å². The van der Waals surface area contributed by atoms with E-state index in [-0.39, 0.29) is 18.9 Å². The maximum absolute atomic E-state index is 3.01. The van der Waals surface area contributed by atoms with E-state index in [1.807, 2.05) is 0 Å². The predicted octanol–water partition coefficient (Wildman–Crippen LogP) is -1.86. The van der Waals surface area contributed by atoms with Crippen LogP contribution in [-0.2, 0) is 0 Å². The van der Waals surface area contributed by atoms with E-state index in [1.165, 1.54) is 5.57 Å². The third-order valence-electron chi connectivity index (χ3n) is 0.530. The van der Waals surface area contributed by atoms with Gasteiger partial charge in [-0.05, 0) is 0 Å². The summed E-state index contributed by atoms with van der Waals surface area (Å²) in [7, 11) is 0. The summed E-state index contributed by atoms with van der Waals surface area (Å²) < 4.78 is 0. The molecule has 0 unspecified atom stereocenters. The maximum Gasteiger partial charge on any atom is 1.00 e. The monoisotopic (exact) mass is 60.1 g/mol. The van der Waals surface area contributed by atoms with Crippen molar-refractivity contribution >= 4 is 0 Å². The summed E-state index contributed by atoms with van der Waals surface area (Å²) in [5.74, 6) is 0. The molecule has 0 aromatic carbocycles. The molecule has 1 heteroatoms. The summed E-state index contributed by atoms with van der Waals surface area (Å²) in [6.07, 6.45) is 4.17. The average molecular weight is 60.0 g/mol. The molecule has 5 heavy (non-hydrogen) atoms. The molecule has 0 bridgehead atoms. The van der Waals surface area contributed by atoms with E-state index in [2.05, 4.69) is 13.0 Å². The van der Waals surface area contributed by atoms with Crippen LogP contribution in [-0.4, -0.2) is 0 Å². The van der Waals surface area contributed by atoms with E-state index in [4.69, 9.17) is 0 Å². The third-order valence-corrected chi connectivity index (χ3v) is 0.530. The number of hydrogen-bond acceptors (Lipinski definition) is 0. The molecule has 1 aliphatic carbocycles. The number of rotatable bonds is 0. The molecule has 22 valence electrons. The molecule has 1 rings (SSSR count). The van der Waals surface area contributed by atoms with Crippen LogP contribution in [0.4, 0.5) is 0 Å². The SMILES string of the molecule is CC1=[C-]C1.[Li+]. The van der Waals surface area contributed by atoms with E-state index in [0.717, 1.165) is 6.42 Å². The minimum Gasteiger partial charge on any atom is -0.498 e. The van der Waals surface area contributed by atoms with Gasteiger partial charge in [0.1, 0.15) is 0 Å². The van der Waals surface area contributed by atoms with Crippen molar-refractivity contribution in [3.63, 3.8) is 0 Å². The first-order chi connectivity index (χ1) is 1.89. The van der Waals surface area contributed by atoms with Gasteiger partial charge in [-0.15, -0.1) is 0 Å². The van der Waals surface area contributed by atoms with Gasteiger partial charge in [-0.25, -0.2) is 0 Å². The van der Waals surface area contributed by atoms with Crippen molar-refractivity contribution in [1.29, 1.82) is 0 Å². The first-order valence-corrected chi connectivity index (χ1v) is 1.46. The van der Waals surface area contributed by atoms with Crippen LogP contribution < -0.4 is 18.9 Å². The fourth-order valence-corrected chi connectivity index (χ4v) is 0.0884. The Kier molecular flexibility index (Phi) is 1.81. The Morgan fingerprint density at radius 1 is 1.80 bits per heavy atom. The Bertz CT molecular complexity index is 54.7. The summed E-state index contributed by atoms with van der Waals surface area (Å²) >= 11 is 0. The van der Waals surface area contributed by atoms with Crippen LogP contribution in [0.15, 0.2) is 5.57 Å². The Morgan fingerprint density at radius 3 is 2.00 bits per heavy atom. The standard InChI is InChI=1S/C4H5.Li/c1-4-2-3-4;/h2H2,1H3;/q-1;+1. The van der Waals surface area contributed by atoms with Gasteiger partial charge in [0.15, 0.2) is 0 Å². The van der Waals surface area contributed by atoms with Crippen molar-refractivity contribution in [2.45, 2.75) is 13.3 Å². The topological polar surface area (TPSA) is 0 Å². The molecule has 1 aliphatic rings. The molecular weight excluding hydrogens is 55.0 g/mol. The first kappa shape index (κ1) is 5.34. The zero-order valence-corrected chi connectivity index (χ0v) is 3.71. The van der Waals surface area contributed by atoms with Gasteiger partial charge in [0.25, 0.3) is 0 Å². The molecule has 0 spiro atoms. The van der Waals surface area contributed by atoms with Crippen LogP contribution in [0.1, 0.15) is 13.3 Å². The van der Waals surface area contributed by atoms with Crippen LogP contribution in [0.3, 0.4) is 0 Å². The van der Waals surface area contributed by atoms with Crippen molar-refractivity contribution in [2.75, 3.05) is 0 Å². The zero-order valence-electron chi connectivity index (χ0n) is 3.71. The molecule has 0 aromatic heterocycles. The predicted molar refractivity (Wildman–Crippen MR) is 17.0 cm³/mol. The normalized spacial score (nSPS) is 15.8. The minimum atomic E-state index is 0. The van der Waals surface area contributed by atoms with Crippen LogP contribution in [0.25, 0.3) is 0 Å². The van der Waals surface area contributed by atoms with Gasteiger partial charge in [0.2, 0.25) is 0 Å². The van der Waals surface area contributed by atoms with Crippen LogP contribution >= 0.6 is 0 Å². The molecule has 0 aliphatic heterocycles. The second kappa shape index (κ2) is 1.70. The van der Waals surface area contributed by atoms with E-state index in [0.29, 0.717) is 0 Å². The second-order valence-corrected chi connectivity index (χ2v) is 1.13. The zero-order chi connectivity index (χ0) is 2.99. The molecule has 0 heterocycles. The molecule has 0 nitrogen and oxygen atoms in total. The van der Waals surface area contributed by atoms with Crippen LogP contribution in [0, 0.1) is 6.08 Å². The largest absolute Gasteiger partial charge is 1.00 e. The van der Waals surface area contributed by atoms with Crippen molar-refractivity contribution in [2.24, 2.45) is 0 Å². The van der Waals surface area contributed by atoms with Gasteiger partial charge in [0, 0.05) is 0 Å². The fourth-order valence-electron chi connectivity index (χ4n) is 0.0884. The van der Waals surface area contributed by atoms with Crippen molar-refractivity contribution in [3.8, 4) is 0 Å². The third kappa shape index (κ3) is 2.13. The molecule has 0 fully saturated rings. The first-order valence-electron chi connectivity index (χ1n) is 1.46. The van der Waals surface area contributed by atoms with E-state index in [1.54, 1.807) is 0 Å². The fraction of sp³-hybridized carbons (Fsp3) is 0.500. The quantitative estimate of drug-likeness (QED) is 0.227. The van der Waals surface area contributed by atoms with E-state index < -0.39 is 0 Å². The van der Waals surface area contributed by atoms with Gasteiger partial charge < -0.3 is 6.08 Å². The Morgan fingerprint density at radius 2 is 2.00 bits per heavy atom. The number of hydrogen-bond donors (Lipinski definition) is 0. The maximum atomic E-state index is 3.01. The molecule has 0 saturated carbocycles. The van der Waals surface area contributed by atoms with Gasteiger partial charge in [-0.1, -0.05) is 6.92 Å². The Balaban J connectivity index is 0.000000160. The van der Waals surface area contributed by atoms with Gasteiger partial charge in [-0.3, -0.25) is 5.57 Å². The minimum absolute atomic E-state index is 0. The molecule has 0 N–H and O–H groups in total. The molecule has 0 amide bonds. The Labute approximate surface area is 44.4 Å². The van der Waals surface area contributed by atoms with E-state index in [9.17, 15) is 0 Å². The summed E-state index contributed by atoms with van der Waals surface area (Å²) in [6.45, 7) is 2.08. The van der Waals surface area contributed by atoms with Crippen molar-refractivity contribution in [3.05, 3.63) is 11.6 Å². The summed E-state index contributed by atoms with van der Waals surface area (Å²) in [4.78, 5) is 0. The number of allylic oxidation sites excluding steroid dienone is 2. The molecule has 0 radical (unpaired) electrons. The van der Waals surface area contributed by atoms with Gasteiger partial charge in [-0.2, -0.15) is 6.42 Å². The molecule has 0 atom stereocenters. The molecule has 0 aromatic rings. The summed E-state index contributed by atoms with van der Waals surface area (Å²) in [6, 6.07) is 0.